The van der Waals surface area contributed by atoms with Crippen LogP contribution in [0.4, 0.5) is 0 Å². The van der Waals surface area contributed by atoms with E-state index in [-0.39, 0.29) is 12.4 Å². The van der Waals surface area contributed by atoms with Crippen LogP contribution in [0.25, 0.3) is 22.2 Å². The molecule has 5 heteroatoms. The third-order valence-corrected chi connectivity index (χ3v) is 6.19. The maximum absolute atomic E-state index is 6.64. The first kappa shape index (κ1) is 20.0. The van der Waals surface area contributed by atoms with Gasteiger partial charge in [0.25, 0.3) is 0 Å². The third kappa shape index (κ3) is 3.78. The highest BCUT2D eigenvalue weighted by Crippen LogP contribution is 2.31. The van der Waals surface area contributed by atoms with E-state index in [0.717, 1.165) is 46.6 Å². The number of hydrogen-bond donors (Lipinski definition) is 2. The molecule has 0 spiro atoms. The second-order valence-corrected chi connectivity index (χ2v) is 8.00. The summed E-state index contributed by atoms with van der Waals surface area (Å²) < 4.78 is 0. The molecule has 4 aromatic rings. The molecule has 0 aliphatic heterocycles. The highest BCUT2D eigenvalue weighted by molar-refractivity contribution is 6.31. The Morgan fingerprint density at radius 3 is 2.55 bits per heavy atom. The van der Waals surface area contributed by atoms with Crippen LogP contribution in [0.3, 0.4) is 0 Å². The number of aromatic amines is 1. The molecular formula is C24H23Cl2N3. The Balaban J connectivity index is 0.00000205. The topological polar surface area (TPSA) is 40.7 Å². The van der Waals surface area contributed by atoms with E-state index in [2.05, 4.69) is 76.8 Å². The first-order chi connectivity index (χ1) is 13.7. The van der Waals surface area contributed by atoms with Crippen molar-refractivity contribution in [3.8, 4) is 11.1 Å². The number of fused-ring (bicyclic) bond motifs is 2. The van der Waals surface area contributed by atoms with Gasteiger partial charge in [-0.25, -0.2) is 4.98 Å². The smallest absolute Gasteiger partial charge is 0.0931 e. The molecule has 0 saturated carbocycles. The highest BCUT2D eigenvalue weighted by Gasteiger charge is 2.20. The van der Waals surface area contributed by atoms with E-state index in [0.29, 0.717) is 6.04 Å². The summed E-state index contributed by atoms with van der Waals surface area (Å²) in [5.74, 6) is 0. The number of aryl methyl sites for hydroxylation is 1. The van der Waals surface area contributed by atoms with E-state index >= 15 is 0 Å². The Bertz CT molecular complexity index is 1140. The van der Waals surface area contributed by atoms with E-state index in [1.807, 2.05) is 0 Å². The van der Waals surface area contributed by atoms with Crippen LogP contribution < -0.4 is 5.32 Å². The number of benzene rings is 3. The largest absolute Gasteiger partial charge is 0.345 e. The number of halogens is 2. The Labute approximate surface area is 181 Å². The van der Waals surface area contributed by atoms with E-state index in [4.69, 9.17) is 11.6 Å². The van der Waals surface area contributed by atoms with Crippen molar-refractivity contribution >= 4 is 35.0 Å². The first-order valence-electron chi connectivity index (χ1n) is 9.70. The van der Waals surface area contributed by atoms with E-state index < -0.39 is 0 Å². The van der Waals surface area contributed by atoms with Gasteiger partial charge >= 0.3 is 0 Å². The Hall–Kier alpha value is -2.33. The Kier molecular flexibility index (Phi) is 5.64. The summed E-state index contributed by atoms with van der Waals surface area (Å²) in [5.41, 5.74) is 9.61. The van der Waals surface area contributed by atoms with Gasteiger partial charge in [0.1, 0.15) is 0 Å². The van der Waals surface area contributed by atoms with Crippen molar-refractivity contribution in [3.63, 3.8) is 0 Å². The normalized spacial score (nSPS) is 13.4. The molecule has 3 aromatic carbocycles. The van der Waals surface area contributed by atoms with Crippen molar-refractivity contribution in [2.24, 2.45) is 0 Å². The van der Waals surface area contributed by atoms with Gasteiger partial charge in [-0.05, 0) is 65.3 Å². The molecule has 148 valence electrons. The fourth-order valence-electron chi connectivity index (χ4n) is 4.28. The van der Waals surface area contributed by atoms with Gasteiger partial charge in [-0.15, -0.1) is 12.4 Å². The molecule has 1 heterocycles. The van der Waals surface area contributed by atoms with Crippen molar-refractivity contribution in [1.82, 2.24) is 15.3 Å². The van der Waals surface area contributed by atoms with Crippen LogP contribution in [0.15, 0.2) is 60.9 Å². The molecule has 1 aliphatic rings. The molecule has 0 bridgehead atoms. The number of aromatic nitrogens is 2. The maximum atomic E-state index is 6.64. The van der Waals surface area contributed by atoms with Gasteiger partial charge in [-0.3, -0.25) is 0 Å². The second kappa shape index (κ2) is 8.19. The molecule has 0 unspecified atom stereocenters. The zero-order valence-corrected chi connectivity index (χ0v) is 17.8. The van der Waals surface area contributed by atoms with Crippen LogP contribution in [0.5, 0.6) is 0 Å². The molecule has 0 atom stereocenters. The third-order valence-electron chi connectivity index (χ3n) is 5.84. The Morgan fingerprint density at radius 1 is 1.07 bits per heavy atom. The quantitative estimate of drug-likeness (QED) is 0.430. The first-order valence-corrected chi connectivity index (χ1v) is 10.1. The number of hydrogen-bond acceptors (Lipinski definition) is 2. The predicted octanol–water partition coefficient (Wildman–Crippen LogP) is 5.87. The minimum absolute atomic E-state index is 0. The summed E-state index contributed by atoms with van der Waals surface area (Å²) in [6.07, 6.45) is 3.92. The van der Waals surface area contributed by atoms with Crippen molar-refractivity contribution in [2.45, 2.75) is 32.4 Å². The second-order valence-electron chi connectivity index (χ2n) is 7.60. The van der Waals surface area contributed by atoms with Gasteiger partial charge in [0.05, 0.1) is 17.4 Å². The lowest BCUT2D eigenvalue weighted by atomic mass is 9.98. The van der Waals surface area contributed by atoms with Crippen LogP contribution in [0.1, 0.15) is 22.3 Å². The molecular weight excluding hydrogens is 401 g/mol. The summed E-state index contributed by atoms with van der Waals surface area (Å²) in [6.45, 7) is 2.90. The van der Waals surface area contributed by atoms with Gasteiger partial charge in [-0.1, -0.05) is 54.1 Å². The molecule has 2 N–H and O–H groups in total. The fourth-order valence-corrected chi connectivity index (χ4v) is 4.53. The molecule has 29 heavy (non-hydrogen) atoms. The van der Waals surface area contributed by atoms with Crippen LogP contribution in [0.2, 0.25) is 5.02 Å². The summed E-state index contributed by atoms with van der Waals surface area (Å²) >= 11 is 6.64. The molecule has 3 nitrogen and oxygen atoms in total. The lowest BCUT2D eigenvalue weighted by Crippen LogP contribution is -2.29. The maximum Gasteiger partial charge on any atom is 0.0931 e. The van der Waals surface area contributed by atoms with E-state index in [1.54, 1.807) is 6.33 Å². The fraction of sp³-hybridized carbons (Fsp3) is 0.208. The van der Waals surface area contributed by atoms with Crippen molar-refractivity contribution in [2.75, 3.05) is 0 Å². The summed E-state index contributed by atoms with van der Waals surface area (Å²) in [7, 11) is 0. The van der Waals surface area contributed by atoms with Crippen LogP contribution in [0, 0.1) is 6.92 Å². The standard InChI is InChI=1S/C24H22ClN3.ClH/c1-15-21(8-9-23-24(15)28-14-27-23)18-6-7-19(22(25)12-18)13-26-20-10-16-4-2-3-5-17(16)11-20;/h2-9,12,14,20,26H,10-11,13H2,1H3,(H,27,28);1H. The molecule has 0 radical (unpaired) electrons. The lowest BCUT2D eigenvalue weighted by molar-refractivity contribution is 0.533. The van der Waals surface area contributed by atoms with Crippen LogP contribution in [-0.4, -0.2) is 16.0 Å². The monoisotopic (exact) mass is 423 g/mol. The number of rotatable bonds is 4. The molecule has 5 rings (SSSR count). The zero-order chi connectivity index (χ0) is 19.1. The number of nitrogens with one attached hydrogen (secondary N) is 2. The molecule has 0 fully saturated rings. The summed E-state index contributed by atoms with van der Waals surface area (Å²) in [4.78, 5) is 7.60. The molecule has 1 aliphatic carbocycles. The number of H-pyrrole nitrogens is 1. The van der Waals surface area contributed by atoms with Gasteiger partial charge in [0.15, 0.2) is 0 Å². The molecule has 0 amide bonds. The lowest BCUT2D eigenvalue weighted by Gasteiger charge is -2.14. The van der Waals surface area contributed by atoms with E-state index in [9.17, 15) is 0 Å². The zero-order valence-electron chi connectivity index (χ0n) is 16.2. The highest BCUT2D eigenvalue weighted by atomic mass is 35.5. The SMILES string of the molecule is Cc1c(-c2ccc(CNC3Cc4ccccc4C3)c(Cl)c2)ccc2[nH]cnc12.Cl. The minimum atomic E-state index is 0. The van der Waals surface area contributed by atoms with Gasteiger partial charge < -0.3 is 10.3 Å². The minimum Gasteiger partial charge on any atom is -0.345 e. The van der Waals surface area contributed by atoms with Gasteiger partial charge in [0.2, 0.25) is 0 Å². The van der Waals surface area contributed by atoms with Crippen molar-refractivity contribution < 1.29 is 0 Å². The number of nitrogens with zero attached hydrogens (tertiary/aromatic N) is 1. The van der Waals surface area contributed by atoms with E-state index in [1.165, 1.54) is 22.3 Å². The van der Waals surface area contributed by atoms with Crippen LogP contribution >= 0.6 is 24.0 Å². The predicted molar refractivity (Wildman–Crippen MR) is 123 cm³/mol. The molecule has 0 saturated heterocycles. The average molecular weight is 424 g/mol. The van der Waals surface area contributed by atoms with Gasteiger partial charge in [0, 0.05) is 17.6 Å². The van der Waals surface area contributed by atoms with Crippen LogP contribution in [-0.2, 0) is 19.4 Å². The average Bonchev–Trinajstić information content (AvgIpc) is 3.34. The molecule has 1 aromatic heterocycles. The summed E-state index contributed by atoms with van der Waals surface area (Å²) in [5, 5.41) is 4.49. The number of imidazole rings is 1. The van der Waals surface area contributed by atoms with Crippen molar-refractivity contribution in [3.05, 3.63) is 88.2 Å². The van der Waals surface area contributed by atoms with Crippen molar-refractivity contribution in [1.29, 1.82) is 0 Å². The summed E-state index contributed by atoms with van der Waals surface area (Å²) in [6, 6.07) is 19.8. The Morgan fingerprint density at radius 2 is 1.83 bits per heavy atom. The van der Waals surface area contributed by atoms with Gasteiger partial charge in [-0.2, -0.15) is 0 Å².